The molecule has 3 fully saturated rings. The van der Waals surface area contributed by atoms with Crippen LogP contribution < -0.4 is 0 Å². The molecule has 0 bridgehead atoms. The lowest BCUT2D eigenvalue weighted by Gasteiger charge is -2.63. The highest BCUT2D eigenvalue weighted by Crippen LogP contribution is 2.72. The number of ether oxygens (including phenoxy) is 1. The number of ketones is 1. The Morgan fingerprint density at radius 3 is 2.61 bits per heavy atom. The van der Waals surface area contributed by atoms with Crippen molar-refractivity contribution in [2.45, 2.75) is 63.6 Å². The van der Waals surface area contributed by atoms with Crippen molar-refractivity contribution >= 4 is 28.6 Å². The molecule has 0 amide bonds. The molecule has 9 atom stereocenters. The largest absolute Gasteiger partial charge is 0.444 e. The molecular formula is C28H32F3NO5S. The van der Waals surface area contributed by atoms with Gasteiger partial charge in [0.2, 0.25) is 5.12 Å². The number of aliphatic hydroxyl groups is 1. The van der Waals surface area contributed by atoms with Crippen molar-refractivity contribution < 1.29 is 37.4 Å². The Balaban J connectivity index is 1.64. The van der Waals surface area contributed by atoms with E-state index < -0.39 is 75.0 Å². The molecule has 5 unspecified atom stereocenters. The van der Waals surface area contributed by atoms with Gasteiger partial charge < -0.3 is 14.4 Å². The van der Waals surface area contributed by atoms with Crippen LogP contribution in [0.3, 0.4) is 0 Å². The molecule has 206 valence electrons. The normalized spacial score (nSPS) is 43.6. The third-order valence-corrected chi connectivity index (χ3v) is 10.7. The molecule has 5 rings (SSSR count). The molecule has 1 aromatic heterocycles. The second-order valence-corrected chi connectivity index (χ2v) is 12.5. The Hall–Kier alpha value is -2.33. The predicted octanol–water partition coefficient (Wildman–Crippen LogP) is 4.67. The van der Waals surface area contributed by atoms with Gasteiger partial charge in [0.1, 0.15) is 17.9 Å². The summed E-state index contributed by atoms with van der Waals surface area (Å²) in [5, 5.41) is 10.8. The van der Waals surface area contributed by atoms with Gasteiger partial charge in [-0.05, 0) is 73.7 Å². The van der Waals surface area contributed by atoms with E-state index in [1.165, 1.54) is 29.7 Å². The quantitative estimate of drug-likeness (QED) is 0.548. The van der Waals surface area contributed by atoms with E-state index in [1.807, 2.05) is 0 Å². The van der Waals surface area contributed by atoms with Gasteiger partial charge in [-0.15, -0.1) is 0 Å². The second kappa shape index (κ2) is 8.84. The first-order valence-corrected chi connectivity index (χ1v) is 13.8. The summed E-state index contributed by atoms with van der Waals surface area (Å²) >= 11 is 0.380. The van der Waals surface area contributed by atoms with Gasteiger partial charge in [-0.1, -0.05) is 19.9 Å². The number of hydrogen-bond donors (Lipinski definition) is 1. The van der Waals surface area contributed by atoms with Crippen LogP contribution in [-0.2, 0) is 21.4 Å². The summed E-state index contributed by atoms with van der Waals surface area (Å²) in [5.74, 6) is -3.60. The van der Waals surface area contributed by atoms with Crippen molar-refractivity contribution in [3.8, 4) is 0 Å². The number of hydrogen-bond acceptors (Lipinski definition) is 6. The van der Waals surface area contributed by atoms with E-state index in [4.69, 9.17) is 4.74 Å². The Labute approximate surface area is 223 Å². The minimum atomic E-state index is -2.34. The molecule has 1 heterocycles. The fraction of sp³-hybridized carbons (Fsp3) is 0.607. The van der Waals surface area contributed by atoms with Crippen LogP contribution in [0.25, 0.3) is 0 Å². The van der Waals surface area contributed by atoms with Crippen LogP contribution in [0.1, 0.15) is 50.5 Å². The van der Waals surface area contributed by atoms with E-state index in [0.717, 1.165) is 6.08 Å². The molecule has 0 spiro atoms. The van der Waals surface area contributed by atoms with Crippen LogP contribution in [0.5, 0.6) is 0 Å². The van der Waals surface area contributed by atoms with E-state index >= 15 is 8.78 Å². The van der Waals surface area contributed by atoms with Crippen LogP contribution in [0.2, 0.25) is 0 Å². The van der Waals surface area contributed by atoms with E-state index in [2.05, 4.69) is 0 Å². The van der Waals surface area contributed by atoms with Crippen molar-refractivity contribution in [2.75, 3.05) is 6.01 Å². The summed E-state index contributed by atoms with van der Waals surface area (Å²) in [6.07, 6.45) is 1.65. The zero-order chi connectivity index (χ0) is 27.8. The standard InChI is InChI=1S/C28H32F3NO5S/c1-15-10-17-18-12-20(30)19-11-16(33)7-8-25(19,2)27(18,31)22(34)13-26(17,3)28(15,24(36)38-14-29)37-23(35)21-6-5-9-32(21)4/h5-9,11,15,17-18,20,22,34H,10,12-14H2,1-4H3/t15?,17-,18-,20?,22?,25-,26-,27?,28?/m0/s1. The number of halogens is 3. The number of aryl methyl sites for hydroxylation is 1. The number of aliphatic hydroxyl groups excluding tert-OH is 1. The summed E-state index contributed by atoms with van der Waals surface area (Å²) in [4.78, 5) is 39.1. The monoisotopic (exact) mass is 551 g/mol. The number of thioether (sulfide) groups is 1. The molecule has 4 aliphatic carbocycles. The number of aromatic nitrogens is 1. The molecule has 3 saturated carbocycles. The van der Waals surface area contributed by atoms with Crippen molar-refractivity contribution in [1.29, 1.82) is 0 Å². The first kappa shape index (κ1) is 27.2. The van der Waals surface area contributed by atoms with Gasteiger partial charge in [0.15, 0.2) is 17.1 Å². The highest BCUT2D eigenvalue weighted by molar-refractivity contribution is 8.13. The van der Waals surface area contributed by atoms with Gasteiger partial charge in [-0.2, -0.15) is 0 Å². The van der Waals surface area contributed by atoms with Gasteiger partial charge in [0, 0.05) is 35.9 Å². The van der Waals surface area contributed by atoms with Crippen LogP contribution >= 0.6 is 11.8 Å². The Morgan fingerprint density at radius 1 is 1.26 bits per heavy atom. The number of esters is 1. The van der Waals surface area contributed by atoms with E-state index in [0.29, 0.717) is 11.8 Å². The number of carbonyl (C=O) groups is 3. The zero-order valence-electron chi connectivity index (χ0n) is 21.7. The van der Waals surface area contributed by atoms with Crippen LogP contribution in [0.15, 0.2) is 42.1 Å². The third kappa shape index (κ3) is 3.28. The van der Waals surface area contributed by atoms with Crippen LogP contribution in [-0.4, -0.2) is 56.1 Å². The fourth-order valence-electron chi connectivity index (χ4n) is 8.25. The third-order valence-electron chi connectivity index (χ3n) is 10.1. The van der Waals surface area contributed by atoms with Crippen molar-refractivity contribution in [3.63, 3.8) is 0 Å². The summed E-state index contributed by atoms with van der Waals surface area (Å²) in [6, 6.07) is 2.13. The van der Waals surface area contributed by atoms with Crippen LogP contribution in [0, 0.1) is 28.6 Å². The first-order chi connectivity index (χ1) is 17.8. The molecule has 4 aliphatic rings. The number of nitrogens with zero attached hydrogens (tertiary/aromatic N) is 1. The van der Waals surface area contributed by atoms with Gasteiger partial charge >= 0.3 is 5.97 Å². The summed E-state index contributed by atoms with van der Waals surface area (Å²) in [5.41, 5.74) is -6.91. The molecule has 0 saturated heterocycles. The average molecular weight is 552 g/mol. The highest BCUT2D eigenvalue weighted by atomic mass is 32.2. The Bertz CT molecular complexity index is 1260. The minimum Gasteiger partial charge on any atom is -0.444 e. The summed E-state index contributed by atoms with van der Waals surface area (Å²) < 4.78 is 54.2. The maximum absolute atomic E-state index is 17.4. The Morgan fingerprint density at radius 2 is 1.97 bits per heavy atom. The van der Waals surface area contributed by atoms with Crippen molar-refractivity contribution in [1.82, 2.24) is 4.57 Å². The predicted molar refractivity (Wildman–Crippen MR) is 135 cm³/mol. The summed E-state index contributed by atoms with van der Waals surface area (Å²) in [6.45, 7) is 4.87. The number of alkyl halides is 3. The fourth-order valence-corrected chi connectivity index (χ4v) is 9.04. The summed E-state index contributed by atoms with van der Waals surface area (Å²) in [7, 11) is 1.64. The lowest BCUT2D eigenvalue weighted by Crippen LogP contribution is -2.70. The first-order valence-electron chi connectivity index (χ1n) is 12.8. The van der Waals surface area contributed by atoms with E-state index in [-0.39, 0.29) is 30.5 Å². The second-order valence-electron chi connectivity index (χ2n) is 11.7. The molecule has 0 aromatic carbocycles. The topological polar surface area (TPSA) is 85.6 Å². The Kier molecular flexibility index (Phi) is 6.34. The smallest absolute Gasteiger partial charge is 0.355 e. The van der Waals surface area contributed by atoms with Crippen molar-refractivity contribution in [2.24, 2.45) is 35.6 Å². The van der Waals surface area contributed by atoms with E-state index in [9.17, 15) is 23.9 Å². The minimum absolute atomic E-state index is 0.00269. The number of rotatable bonds is 4. The SMILES string of the molecule is CC1C[C@H]2[C@@H]3CC(F)C4=CC(=O)C=C[C@]4(C)C3(F)C(O)C[C@]2(C)C1(OC(=O)c1cccn1C)C(=O)SCF. The lowest BCUT2D eigenvalue weighted by molar-refractivity contribution is -0.221. The maximum Gasteiger partial charge on any atom is 0.355 e. The molecule has 10 heteroatoms. The van der Waals surface area contributed by atoms with Gasteiger partial charge in [0.05, 0.1) is 6.10 Å². The molecule has 0 aliphatic heterocycles. The highest BCUT2D eigenvalue weighted by Gasteiger charge is 2.78. The molecule has 38 heavy (non-hydrogen) atoms. The maximum atomic E-state index is 17.4. The van der Waals surface area contributed by atoms with E-state index in [1.54, 1.807) is 33.2 Å². The number of fused-ring (bicyclic) bond motifs is 5. The molecule has 0 radical (unpaired) electrons. The van der Waals surface area contributed by atoms with Gasteiger partial charge in [-0.3, -0.25) is 9.59 Å². The molecule has 6 nitrogen and oxygen atoms in total. The molecule has 1 N–H and O–H groups in total. The number of carbonyl (C=O) groups excluding carboxylic acids is 3. The van der Waals surface area contributed by atoms with Gasteiger partial charge in [0.25, 0.3) is 0 Å². The number of allylic oxidation sites excluding steroid dienone is 4. The van der Waals surface area contributed by atoms with Crippen molar-refractivity contribution in [3.05, 3.63) is 47.8 Å². The van der Waals surface area contributed by atoms with Crippen LogP contribution in [0.4, 0.5) is 13.2 Å². The lowest BCUT2D eigenvalue weighted by atomic mass is 9.44. The molecule has 1 aromatic rings. The average Bonchev–Trinajstić information content (AvgIpc) is 3.37. The van der Waals surface area contributed by atoms with Gasteiger partial charge in [-0.25, -0.2) is 18.0 Å². The molecular weight excluding hydrogens is 519 g/mol. The zero-order valence-corrected chi connectivity index (χ0v) is 22.6.